The van der Waals surface area contributed by atoms with Gasteiger partial charge in [0.15, 0.2) is 8.38 Å². The molecule has 0 unspecified atom stereocenters. The van der Waals surface area contributed by atoms with E-state index in [1.807, 2.05) is 6.07 Å². The van der Waals surface area contributed by atoms with E-state index in [1.165, 1.54) is 38.9 Å². The molecule has 226 valence electrons. The molecule has 4 aromatic carbocycles. The van der Waals surface area contributed by atoms with E-state index in [2.05, 4.69) is 144 Å². The minimum atomic E-state index is -2.31. The van der Waals surface area contributed by atoms with E-state index in [0.717, 1.165) is 27.8 Å². The standard InChI is InChI=1S/C40H49O2P/c1-37(2,3)24-17-19-26(31(21-24)39(7,8)9)30-23-33(43(41)42)35-27-15-13-14-16-28(27)36(35)34(30)29-20-18-25(38(4,5)6)22-32(29)40(10,11)12/h13-23,41-42H,1-12H3. The average Bonchev–Trinajstić information content (AvgIpc) is 2.87. The molecule has 2 nitrogen and oxygen atoms in total. The molecule has 1 aliphatic rings. The van der Waals surface area contributed by atoms with Crippen molar-refractivity contribution in [3.05, 3.63) is 89.0 Å². The lowest BCUT2D eigenvalue weighted by atomic mass is 9.69. The van der Waals surface area contributed by atoms with Crippen molar-refractivity contribution < 1.29 is 9.79 Å². The van der Waals surface area contributed by atoms with Crippen molar-refractivity contribution in [2.24, 2.45) is 0 Å². The van der Waals surface area contributed by atoms with Gasteiger partial charge in [-0.05, 0) is 88.9 Å². The van der Waals surface area contributed by atoms with Crippen LogP contribution in [0.15, 0.2) is 66.7 Å². The third-order valence-electron chi connectivity index (χ3n) is 8.93. The van der Waals surface area contributed by atoms with Crippen LogP contribution in [0.4, 0.5) is 0 Å². The van der Waals surface area contributed by atoms with Gasteiger partial charge in [0.2, 0.25) is 0 Å². The van der Waals surface area contributed by atoms with Crippen molar-refractivity contribution >= 4 is 13.7 Å². The Hall–Kier alpha value is -2.77. The van der Waals surface area contributed by atoms with Gasteiger partial charge in [0, 0.05) is 10.9 Å². The highest BCUT2D eigenvalue weighted by Gasteiger charge is 2.36. The zero-order valence-electron chi connectivity index (χ0n) is 28.2. The zero-order chi connectivity index (χ0) is 31.9. The van der Waals surface area contributed by atoms with Crippen molar-refractivity contribution in [3.8, 4) is 44.5 Å². The van der Waals surface area contributed by atoms with Crippen LogP contribution in [0.5, 0.6) is 0 Å². The highest BCUT2D eigenvalue weighted by molar-refractivity contribution is 7.54. The van der Waals surface area contributed by atoms with Gasteiger partial charge in [-0.25, -0.2) is 0 Å². The van der Waals surface area contributed by atoms with Crippen molar-refractivity contribution in [3.63, 3.8) is 0 Å². The predicted molar refractivity (Wildman–Crippen MR) is 188 cm³/mol. The Morgan fingerprint density at radius 1 is 0.419 bits per heavy atom. The molecule has 1 aliphatic carbocycles. The summed E-state index contributed by atoms with van der Waals surface area (Å²) in [5.41, 5.74) is 14.0. The van der Waals surface area contributed by atoms with Gasteiger partial charge in [0.1, 0.15) is 0 Å². The van der Waals surface area contributed by atoms with Gasteiger partial charge < -0.3 is 9.79 Å². The maximum absolute atomic E-state index is 10.8. The molecule has 4 aromatic rings. The number of hydrogen-bond acceptors (Lipinski definition) is 2. The highest BCUT2D eigenvalue weighted by atomic mass is 31.2. The van der Waals surface area contributed by atoms with E-state index in [4.69, 9.17) is 0 Å². The summed E-state index contributed by atoms with van der Waals surface area (Å²) in [6.07, 6.45) is 0. The third-order valence-corrected chi connectivity index (χ3v) is 9.72. The first-order chi connectivity index (χ1) is 19.7. The van der Waals surface area contributed by atoms with Crippen LogP contribution >= 0.6 is 8.38 Å². The van der Waals surface area contributed by atoms with Crippen LogP contribution in [0.3, 0.4) is 0 Å². The van der Waals surface area contributed by atoms with E-state index in [-0.39, 0.29) is 21.7 Å². The summed E-state index contributed by atoms with van der Waals surface area (Å²) >= 11 is 0. The first-order valence-corrected chi connectivity index (χ1v) is 16.8. The third kappa shape index (κ3) is 5.64. The van der Waals surface area contributed by atoms with E-state index in [9.17, 15) is 9.79 Å². The van der Waals surface area contributed by atoms with Crippen LogP contribution in [0.25, 0.3) is 44.5 Å². The molecule has 0 bridgehead atoms. The molecule has 43 heavy (non-hydrogen) atoms. The summed E-state index contributed by atoms with van der Waals surface area (Å²) in [7, 11) is -2.31. The molecule has 5 rings (SSSR count). The van der Waals surface area contributed by atoms with Gasteiger partial charge in [-0.15, -0.1) is 0 Å². The van der Waals surface area contributed by atoms with E-state index >= 15 is 0 Å². The van der Waals surface area contributed by atoms with Crippen LogP contribution in [-0.2, 0) is 21.7 Å². The van der Waals surface area contributed by atoms with E-state index in [0.29, 0.717) is 5.30 Å². The Labute approximate surface area is 261 Å². The van der Waals surface area contributed by atoms with Gasteiger partial charge in [-0.3, -0.25) is 0 Å². The van der Waals surface area contributed by atoms with Crippen molar-refractivity contribution in [2.75, 3.05) is 0 Å². The van der Waals surface area contributed by atoms with Gasteiger partial charge >= 0.3 is 0 Å². The lowest BCUT2D eigenvalue weighted by molar-refractivity contribution is 0.497. The molecule has 0 atom stereocenters. The summed E-state index contributed by atoms with van der Waals surface area (Å²) < 4.78 is 0. The normalized spacial score (nSPS) is 13.6. The van der Waals surface area contributed by atoms with Crippen LogP contribution in [0.1, 0.15) is 105 Å². The first-order valence-electron chi connectivity index (χ1n) is 15.5. The minimum Gasteiger partial charge on any atom is -0.347 e. The molecular formula is C40H49O2P. The second-order valence-corrected chi connectivity index (χ2v) is 17.5. The fraction of sp³-hybridized carbons (Fsp3) is 0.400. The predicted octanol–water partition coefficient (Wildman–Crippen LogP) is 10.8. The fourth-order valence-electron chi connectivity index (χ4n) is 6.43. The van der Waals surface area contributed by atoms with Crippen molar-refractivity contribution in [2.45, 2.75) is 105 Å². The Kier molecular flexibility index (Phi) is 7.66. The van der Waals surface area contributed by atoms with Crippen LogP contribution in [0.2, 0.25) is 0 Å². The summed E-state index contributed by atoms with van der Waals surface area (Å²) in [5, 5.41) is 0.630. The van der Waals surface area contributed by atoms with Crippen LogP contribution in [-0.4, -0.2) is 9.79 Å². The number of rotatable bonds is 3. The molecule has 0 aromatic heterocycles. The second kappa shape index (κ2) is 10.4. The molecule has 0 aliphatic heterocycles. The second-order valence-electron chi connectivity index (χ2n) is 16.4. The lowest BCUT2D eigenvalue weighted by Gasteiger charge is -2.36. The molecule has 0 fully saturated rings. The first kappa shape index (κ1) is 31.6. The fourth-order valence-corrected chi connectivity index (χ4v) is 7.11. The summed E-state index contributed by atoms with van der Waals surface area (Å²) in [6, 6.07) is 24.4. The Morgan fingerprint density at radius 3 is 1.30 bits per heavy atom. The van der Waals surface area contributed by atoms with Gasteiger partial charge in [-0.2, -0.15) is 0 Å². The Morgan fingerprint density at radius 2 is 0.860 bits per heavy atom. The molecule has 3 heteroatoms. The van der Waals surface area contributed by atoms with Crippen LogP contribution < -0.4 is 5.30 Å². The SMILES string of the molecule is CC(C)(C)c1ccc(-c2cc(P(O)O)c3c(c2-c2ccc(C(C)(C)C)cc2C(C)(C)C)-c2ccccc2-3)c(C(C)(C)C)c1. The minimum absolute atomic E-state index is 0.0125. The van der Waals surface area contributed by atoms with Crippen molar-refractivity contribution in [1.29, 1.82) is 0 Å². The monoisotopic (exact) mass is 592 g/mol. The summed E-state index contributed by atoms with van der Waals surface area (Å²) in [4.78, 5) is 21.7. The summed E-state index contributed by atoms with van der Waals surface area (Å²) in [6.45, 7) is 27.3. The molecule has 0 radical (unpaired) electrons. The molecule has 0 saturated carbocycles. The molecular weight excluding hydrogens is 543 g/mol. The largest absolute Gasteiger partial charge is 0.347 e. The maximum Gasteiger partial charge on any atom is 0.200 e. The number of fused-ring (bicyclic) bond motifs is 4. The Bertz CT molecular complexity index is 1710. The quantitative estimate of drug-likeness (QED) is 0.205. The number of hydrogen-bond donors (Lipinski definition) is 2. The highest BCUT2D eigenvalue weighted by Crippen LogP contribution is 2.57. The topological polar surface area (TPSA) is 40.5 Å². The molecule has 0 spiro atoms. The molecule has 0 amide bonds. The smallest absolute Gasteiger partial charge is 0.200 e. The summed E-state index contributed by atoms with van der Waals surface area (Å²) in [5.74, 6) is 0. The zero-order valence-corrected chi connectivity index (χ0v) is 29.1. The molecule has 2 N–H and O–H groups in total. The number of benzene rings is 4. The molecule has 0 saturated heterocycles. The van der Waals surface area contributed by atoms with Gasteiger partial charge in [-0.1, -0.05) is 144 Å². The van der Waals surface area contributed by atoms with Gasteiger partial charge in [0.25, 0.3) is 0 Å². The lowest BCUT2D eigenvalue weighted by Crippen LogP contribution is -2.21. The van der Waals surface area contributed by atoms with E-state index < -0.39 is 8.38 Å². The van der Waals surface area contributed by atoms with Crippen LogP contribution in [0, 0.1) is 0 Å². The average molecular weight is 593 g/mol. The van der Waals surface area contributed by atoms with Gasteiger partial charge in [0.05, 0.1) is 0 Å². The Balaban J connectivity index is 1.98. The van der Waals surface area contributed by atoms with E-state index in [1.54, 1.807) is 0 Å². The maximum atomic E-state index is 10.8. The van der Waals surface area contributed by atoms with Crippen molar-refractivity contribution in [1.82, 2.24) is 0 Å². The molecule has 0 heterocycles.